The number of cyclic esters (lactones) is 1. The molecule has 0 aromatic rings. The van der Waals surface area contributed by atoms with Crippen molar-refractivity contribution in [2.75, 3.05) is 35.4 Å². The molecule has 3 rings (SSSR count). The van der Waals surface area contributed by atoms with Crippen LogP contribution in [0.2, 0.25) is 0 Å². The van der Waals surface area contributed by atoms with Gasteiger partial charge in [-0.25, -0.2) is 0 Å². The van der Waals surface area contributed by atoms with Crippen LogP contribution in [-0.4, -0.2) is 157 Å². The van der Waals surface area contributed by atoms with E-state index >= 15 is 0 Å². The third-order valence-corrected chi connectivity index (χ3v) is 12.5. The third kappa shape index (κ3) is 9.95. The topological polar surface area (TPSA) is 187 Å². The Balaban J connectivity index is 2.27. The number of likely N-dealkylation sites (N-methyl/N-ethyl adjacent to an activating group) is 1. The van der Waals surface area contributed by atoms with Crippen LogP contribution in [0.15, 0.2) is 5.16 Å². The average Bonchev–Trinajstić information content (AvgIpc) is 3.11. The molecule has 15 heteroatoms. The van der Waals surface area contributed by atoms with Gasteiger partial charge in [0.25, 0.3) is 0 Å². The zero-order chi connectivity index (χ0) is 41.1. The number of aliphatic hydroxyl groups is 4. The molecular weight excluding hydrogens is 704 g/mol. The second kappa shape index (κ2) is 18.8. The van der Waals surface area contributed by atoms with Gasteiger partial charge in [0.1, 0.15) is 31.0 Å². The van der Waals surface area contributed by atoms with Gasteiger partial charge in [0.15, 0.2) is 12.6 Å². The highest BCUT2D eigenvalue weighted by molar-refractivity contribution is 5.88. The molecule has 18 unspecified atom stereocenters. The van der Waals surface area contributed by atoms with Crippen molar-refractivity contribution < 1.29 is 63.2 Å². The highest BCUT2D eigenvalue weighted by Gasteiger charge is 2.54. The van der Waals surface area contributed by atoms with Crippen LogP contribution in [0, 0.1) is 23.7 Å². The molecule has 0 radical (unpaired) electrons. The van der Waals surface area contributed by atoms with Crippen LogP contribution >= 0.6 is 0 Å². The summed E-state index contributed by atoms with van der Waals surface area (Å²) in [6.07, 6.45) is -8.10. The summed E-state index contributed by atoms with van der Waals surface area (Å²) in [5, 5.41) is 50.6. The zero-order valence-corrected chi connectivity index (χ0v) is 35.3. The molecule has 15 nitrogen and oxygen atoms in total. The maximum atomic E-state index is 14.3. The van der Waals surface area contributed by atoms with E-state index in [4.69, 9.17) is 38.0 Å². The molecule has 0 amide bonds. The number of ether oxygens (including phenoxy) is 7. The van der Waals surface area contributed by atoms with Crippen LogP contribution in [0.4, 0.5) is 0 Å². The van der Waals surface area contributed by atoms with Crippen LogP contribution in [0.1, 0.15) is 94.9 Å². The van der Waals surface area contributed by atoms with E-state index in [1.54, 1.807) is 41.7 Å². The lowest BCUT2D eigenvalue weighted by Gasteiger charge is -2.50. The molecule has 3 heterocycles. The molecule has 54 heavy (non-hydrogen) atoms. The Morgan fingerprint density at radius 2 is 1.48 bits per heavy atom. The van der Waals surface area contributed by atoms with Gasteiger partial charge in [-0.05, 0) is 74.9 Å². The first-order valence-corrected chi connectivity index (χ1v) is 19.5. The average molecular weight is 777 g/mol. The van der Waals surface area contributed by atoms with Crippen molar-refractivity contribution in [3.8, 4) is 0 Å². The molecule has 0 bridgehead atoms. The van der Waals surface area contributed by atoms with Gasteiger partial charge in [-0.3, -0.25) is 4.79 Å². The van der Waals surface area contributed by atoms with E-state index in [1.165, 1.54) is 21.1 Å². The molecule has 3 fully saturated rings. The van der Waals surface area contributed by atoms with Gasteiger partial charge in [-0.2, -0.15) is 0 Å². The molecule has 3 saturated heterocycles. The second-order valence-electron chi connectivity index (χ2n) is 16.9. The predicted octanol–water partition coefficient (Wildman–Crippen LogP) is 2.87. The largest absolute Gasteiger partial charge is 0.459 e. The van der Waals surface area contributed by atoms with Gasteiger partial charge < -0.3 is 63.3 Å². The quantitative estimate of drug-likeness (QED) is 0.198. The van der Waals surface area contributed by atoms with E-state index in [0.29, 0.717) is 12.1 Å². The second-order valence-corrected chi connectivity index (χ2v) is 16.9. The fourth-order valence-electron chi connectivity index (χ4n) is 8.87. The summed E-state index contributed by atoms with van der Waals surface area (Å²) in [4.78, 5) is 21.5. The first-order chi connectivity index (χ1) is 25.0. The van der Waals surface area contributed by atoms with Gasteiger partial charge in [0, 0.05) is 44.4 Å². The predicted molar refractivity (Wildman–Crippen MR) is 200 cm³/mol. The third-order valence-electron chi connectivity index (χ3n) is 12.5. The van der Waals surface area contributed by atoms with Crippen molar-refractivity contribution in [1.29, 1.82) is 0 Å². The lowest BCUT2D eigenvalue weighted by atomic mass is 9.73. The Morgan fingerprint density at radius 3 is 2.02 bits per heavy atom. The summed E-state index contributed by atoms with van der Waals surface area (Å²) in [7, 11) is 8.29. The van der Waals surface area contributed by atoms with Crippen LogP contribution in [0.5, 0.6) is 0 Å². The van der Waals surface area contributed by atoms with Crippen molar-refractivity contribution in [2.45, 2.75) is 179 Å². The number of carbonyl (C=O) groups is 1. The van der Waals surface area contributed by atoms with E-state index in [2.05, 4.69) is 5.16 Å². The summed E-state index contributed by atoms with van der Waals surface area (Å²) in [6.45, 7) is 17.8. The molecule has 0 aromatic heterocycles. The first-order valence-electron chi connectivity index (χ1n) is 19.5. The number of carbonyl (C=O) groups excluding carboxylic acids is 1. The number of esters is 1. The van der Waals surface area contributed by atoms with Crippen LogP contribution in [0.25, 0.3) is 0 Å². The molecular formula is C39H72N2O13. The summed E-state index contributed by atoms with van der Waals surface area (Å²) in [5.74, 6) is -3.49. The molecule has 3 aliphatic heterocycles. The highest BCUT2D eigenvalue weighted by atomic mass is 16.7. The Morgan fingerprint density at radius 1 is 0.870 bits per heavy atom. The van der Waals surface area contributed by atoms with Gasteiger partial charge in [0.2, 0.25) is 0 Å². The summed E-state index contributed by atoms with van der Waals surface area (Å²) in [6, 6.07) is -0.266. The number of hydrogen-bond donors (Lipinski definition) is 4. The Bertz CT molecular complexity index is 1240. The van der Waals surface area contributed by atoms with Gasteiger partial charge in [-0.1, -0.05) is 32.9 Å². The van der Waals surface area contributed by atoms with Gasteiger partial charge >= 0.3 is 5.97 Å². The minimum Gasteiger partial charge on any atom is -0.459 e. The smallest absolute Gasteiger partial charge is 0.311 e. The number of nitrogens with zero attached hydrogens (tertiary/aromatic N) is 2. The molecule has 0 aromatic carbocycles. The van der Waals surface area contributed by atoms with E-state index < -0.39 is 102 Å². The highest BCUT2D eigenvalue weighted by Crippen LogP contribution is 2.42. The molecule has 0 aliphatic carbocycles. The standard InChI is InChI=1S/C39H72N2O13/c1-16-27-39(10,46)32(43)22(4)29(40-49-15)20(2)18-38(9,48-14)34(54-36-30(42)26(41(11)12)17-21(3)50-36)23(5)31(24(6)35(45)52-27)53-28-19-37(8,47-13)33(44)25(7)51-28/h20-28,30-34,36,42-44,46H,16-19H2,1-15H3. The minimum absolute atomic E-state index is 0.143. The fraction of sp³-hybridized carbons (Fsp3) is 0.949. The Labute approximate surface area is 322 Å². The van der Waals surface area contributed by atoms with Crippen molar-refractivity contribution in [3.63, 3.8) is 0 Å². The molecule has 316 valence electrons. The zero-order valence-electron chi connectivity index (χ0n) is 35.3. The Kier molecular flexibility index (Phi) is 16.4. The summed E-state index contributed by atoms with van der Waals surface area (Å²) >= 11 is 0. The minimum atomic E-state index is -1.88. The summed E-state index contributed by atoms with van der Waals surface area (Å²) in [5.41, 5.74) is -3.61. The number of rotatable bonds is 9. The summed E-state index contributed by atoms with van der Waals surface area (Å²) < 4.78 is 44.4. The van der Waals surface area contributed by atoms with E-state index in [1.807, 2.05) is 46.7 Å². The van der Waals surface area contributed by atoms with Crippen LogP contribution in [0.3, 0.4) is 0 Å². The van der Waals surface area contributed by atoms with E-state index in [9.17, 15) is 25.2 Å². The number of methoxy groups -OCH3 is 2. The molecule has 18 atom stereocenters. The first kappa shape index (κ1) is 46.9. The van der Waals surface area contributed by atoms with Crippen LogP contribution < -0.4 is 0 Å². The van der Waals surface area contributed by atoms with Gasteiger partial charge in [-0.15, -0.1) is 0 Å². The molecule has 0 spiro atoms. The molecule has 0 saturated carbocycles. The maximum Gasteiger partial charge on any atom is 0.311 e. The van der Waals surface area contributed by atoms with Gasteiger partial charge in [0.05, 0.1) is 53.4 Å². The lowest BCUT2D eigenvalue weighted by Crippen LogP contribution is -2.61. The van der Waals surface area contributed by atoms with Crippen molar-refractivity contribution in [2.24, 2.45) is 28.8 Å². The SMILES string of the molecule is CCC1OC(=O)C(C)C(OC2CC(C)(OC)C(O)C(C)O2)C(C)C(OC2OC(C)CC(N(C)C)C2O)C(C)(OC)CC(C)C(=NOC)C(C)C(O)C1(C)O. The number of oxime groups is 1. The van der Waals surface area contributed by atoms with Crippen molar-refractivity contribution in [1.82, 2.24) is 4.90 Å². The van der Waals surface area contributed by atoms with Crippen molar-refractivity contribution in [3.05, 3.63) is 0 Å². The molecule has 4 N–H and O–H groups in total. The van der Waals surface area contributed by atoms with Crippen LogP contribution in [-0.2, 0) is 42.8 Å². The maximum absolute atomic E-state index is 14.3. The van der Waals surface area contributed by atoms with Crippen molar-refractivity contribution >= 4 is 11.7 Å². The van der Waals surface area contributed by atoms with E-state index in [-0.39, 0.29) is 31.4 Å². The number of aliphatic hydroxyl groups excluding tert-OH is 3. The fourth-order valence-corrected chi connectivity index (χ4v) is 8.87. The normalized spacial score (nSPS) is 48.3. The van der Waals surface area contributed by atoms with E-state index in [0.717, 1.165) is 0 Å². The lowest BCUT2D eigenvalue weighted by molar-refractivity contribution is -0.319. The molecule has 3 aliphatic rings. The Hall–Kier alpha value is -1.50. The number of hydrogen-bond acceptors (Lipinski definition) is 15. The monoisotopic (exact) mass is 777 g/mol.